The average Bonchev–Trinajstić information content (AvgIpc) is 2.48. The van der Waals surface area contributed by atoms with Crippen LogP contribution in [0, 0.1) is 0 Å². The highest BCUT2D eigenvalue weighted by molar-refractivity contribution is 5.87. The molecule has 1 aliphatic heterocycles. The Balaban J connectivity index is 2.43. The fourth-order valence-electron chi connectivity index (χ4n) is 1.69. The molecule has 0 atom stereocenters. The minimum atomic E-state index is -0.894. The summed E-state index contributed by atoms with van der Waals surface area (Å²) >= 11 is 0. The lowest BCUT2D eigenvalue weighted by Crippen LogP contribution is -2.34. The molecular formula is C8H11N3O2. The van der Waals surface area contributed by atoms with E-state index in [0.29, 0.717) is 6.54 Å². The monoisotopic (exact) mass is 181 g/mol. The standard InChI is InChI=1S/C8H11N3O2/c1-10-6-3-2-4-11(8(12)13)7(6)5-9-10/h5H,2-4H2,1H3,(H,12,13). The predicted molar refractivity (Wildman–Crippen MR) is 46.9 cm³/mol. The lowest BCUT2D eigenvalue weighted by Gasteiger charge is -2.23. The number of aryl methyl sites for hydroxylation is 1. The van der Waals surface area contributed by atoms with Gasteiger partial charge < -0.3 is 5.11 Å². The van der Waals surface area contributed by atoms with E-state index in [1.54, 1.807) is 10.9 Å². The number of aromatic nitrogens is 2. The molecule has 0 saturated carbocycles. The number of carbonyl (C=O) groups is 1. The van der Waals surface area contributed by atoms with Crippen LogP contribution < -0.4 is 4.90 Å². The third-order valence-corrected chi connectivity index (χ3v) is 2.36. The van der Waals surface area contributed by atoms with Crippen molar-refractivity contribution in [3.8, 4) is 0 Å². The van der Waals surface area contributed by atoms with Gasteiger partial charge in [-0.15, -0.1) is 0 Å². The van der Waals surface area contributed by atoms with Crippen LogP contribution in [0.25, 0.3) is 0 Å². The molecule has 2 rings (SSSR count). The van der Waals surface area contributed by atoms with Crippen LogP contribution in [-0.4, -0.2) is 27.5 Å². The fourth-order valence-corrected chi connectivity index (χ4v) is 1.69. The normalized spacial score (nSPS) is 15.6. The van der Waals surface area contributed by atoms with Gasteiger partial charge in [-0.1, -0.05) is 0 Å². The van der Waals surface area contributed by atoms with Crippen LogP contribution in [0.1, 0.15) is 12.1 Å². The highest BCUT2D eigenvalue weighted by atomic mass is 16.4. The zero-order valence-electron chi connectivity index (χ0n) is 7.40. The highest BCUT2D eigenvalue weighted by Gasteiger charge is 2.24. The summed E-state index contributed by atoms with van der Waals surface area (Å²) in [5.74, 6) is 0. The maximum absolute atomic E-state index is 10.8. The van der Waals surface area contributed by atoms with E-state index >= 15 is 0 Å². The van der Waals surface area contributed by atoms with Crippen LogP contribution in [0.5, 0.6) is 0 Å². The Labute approximate surface area is 75.6 Å². The number of hydrogen-bond acceptors (Lipinski definition) is 2. The van der Waals surface area contributed by atoms with Crippen molar-refractivity contribution in [2.24, 2.45) is 7.05 Å². The van der Waals surface area contributed by atoms with E-state index in [2.05, 4.69) is 5.10 Å². The van der Waals surface area contributed by atoms with Gasteiger partial charge in [-0.25, -0.2) is 4.79 Å². The topological polar surface area (TPSA) is 58.4 Å². The number of carboxylic acid groups (broad SMARTS) is 1. The Morgan fingerprint density at radius 3 is 3.15 bits per heavy atom. The number of anilines is 1. The van der Waals surface area contributed by atoms with Crippen LogP contribution in [-0.2, 0) is 13.5 Å². The molecule has 2 heterocycles. The third kappa shape index (κ3) is 1.16. The van der Waals surface area contributed by atoms with Crippen molar-refractivity contribution < 1.29 is 9.90 Å². The van der Waals surface area contributed by atoms with Crippen LogP contribution in [0.3, 0.4) is 0 Å². The Morgan fingerprint density at radius 1 is 1.69 bits per heavy atom. The second kappa shape index (κ2) is 2.76. The fraction of sp³-hybridized carbons (Fsp3) is 0.500. The van der Waals surface area contributed by atoms with Crippen LogP contribution in [0.15, 0.2) is 6.20 Å². The smallest absolute Gasteiger partial charge is 0.411 e. The minimum absolute atomic E-state index is 0.577. The molecule has 1 aromatic heterocycles. The largest absolute Gasteiger partial charge is 0.465 e. The molecule has 5 nitrogen and oxygen atoms in total. The summed E-state index contributed by atoms with van der Waals surface area (Å²) in [4.78, 5) is 12.2. The van der Waals surface area contributed by atoms with Crippen molar-refractivity contribution in [3.05, 3.63) is 11.9 Å². The molecule has 0 aromatic carbocycles. The quantitative estimate of drug-likeness (QED) is 0.645. The molecule has 0 spiro atoms. The molecule has 1 N–H and O–H groups in total. The summed E-state index contributed by atoms with van der Waals surface area (Å²) in [5, 5.41) is 12.9. The van der Waals surface area contributed by atoms with Crippen LogP contribution in [0.4, 0.5) is 10.5 Å². The Hall–Kier alpha value is -1.52. The van der Waals surface area contributed by atoms with Gasteiger partial charge in [-0.05, 0) is 12.8 Å². The molecule has 5 heteroatoms. The molecule has 0 unspecified atom stereocenters. The minimum Gasteiger partial charge on any atom is -0.465 e. The maximum atomic E-state index is 10.8. The lowest BCUT2D eigenvalue weighted by atomic mass is 10.1. The van der Waals surface area contributed by atoms with Gasteiger partial charge in [-0.2, -0.15) is 5.10 Å². The maximum Gasteiger partial charge on any atom is 0.411 e. The van der Waals surface area contributed by atoms with Gasteiger partial charge in [0.05, 0.1) is 17.6 Å². The molecule has 1 amide bonds. The Morgan fingerprint density at radius 2 is 2.46 bits per heavy atom. The summed E-state index contributed by atoms with van der Waals surface area (Å²) in [7, 11) is 1.84. The zero-order chi connectivity index (χ0) is 9.42. The van der Waals surface area contributed by atoms with Crippen molar-refractivity contribution in [2.75, 3.05) is 11.4 Å². The van der Waals surface area contributed by atoms with Crippen molar-refractivity contribution in [1.29, 1.82) is 0 Å². The number of nitrogens with zero attached hydrogens (tertiary/aromatic N) is 3. The van der Waals surface area contributed by atoms with Gasteiger partial charge in [0.15, 0.2) is 0 Å². The number of fused-ring (bicyclic) bond motifs is 1. The van der Waals surface area contributed by atoms with Crippen LogP contribution in [0.2, 0.25) is 0 Å². The summed E-state index contributed by atoms with van der Waals surface area (Å²) in [6, 6.07) is 0. The van der Waals surface area contributed by atoms with Crippen molar-refractivity contribution >= 4 is 11.8 Å². The molecule has 1 aromatic rings. The molecule has 0 fully saturated rings. The third-order valence-electron chi connectivity index (χ3n) is 2.36. The van der Waals surface area contributed by atoms with Crippen molar-refractivity contribution in [1.82, 2.24) is 9.78 Å². The van der Waals surface area contributed by atoms with E-state index in [0.717, 1.165) is 24.2 Å². The van der Waals surface area contributed by atoms with Crippen molar-refractivity contribution in [3.63, 3.8) is 0 Å². The number of rotatable bonds is 0. The van der Waals surface area contributed by atoms with Gasteiger partial charge in [0.1, 0.15) is 0 Å². The van der Waals surface area contributed by atoms with E-state index in [1.807, 2.05) is 7.05 Å². The van der Waals surface area contributed by atoms with Gasteiger partial charge in [0.25, 0.3) is 0 Å². The van der Waals surface area contributed by atoms with E-state index in [9.17, 15) is 4.79 Å². The Kier molecular flexibility index (Phi) is 1.72. The summed E-state index contributed by atoms with van der Waals surface area (Å²) in [6.45, 7) is 0.577. The summed E-state index contributed by atoms with van der Waals surface area (Å²) in [6.07, 6.45) is 2.51. The molecular weight excluding hydrogens is 170 g/mol. The molecule has 0 saturated heterocycles. The van der Waals surface area contributed by atoms with E-state index in [-0.39, 0.29) is 0 Å². The SMILES string of the molecule is Cn1ncc2c1CCCN2C(=O)O. The van der Waals surface area contributed by atoms with Gasteiger partial charge in [-0.3, -0.25) is 9.58 Å². The van der Waals surface area contributed by atoms with Crippen molar-refractivity contribution in [2.45, 2.75) is 12.8 Å². The Bertz CT molecular complexity index is 345. The number of hydrogen-bond donors (Lipinski definition) is 1. The van der Waals surface area contributed by atoms with E-state index in [4.69, 9.17) is 5.11 Å². The van der Waals surface area contributed by atoms with Gasteiger partial charge >= 0.3 is 6.09 Å². The molecule has 13 heavy (non-hydrogen) atoms. The second-order valence-electron chi connectivity index (χ2n) is 3.14. The molecule has 0 radical (unpaired) electrons. The zero-order valence-corrected chi connectivity index (χ0v) is 7.40. The lowest BCUT2D eigenvalue weighted by molar-refractivity contribution is 0.201. The summed E-state index contributed by atoms with van der Waals surface area (Å²) < 4.78 is 1.74. The first-order valence-electron chi connectivity index (χ1n) is 4.21. The second-order valence-corrected chi connectivity index (χ2v) is 3.14. The first kappa shape index (κ1) is 8.10. The average molecular weight is 181 g/mol. The molecule has 0 aliphatic carbocycles. The molecule has 0 bridgehead atoms. The van der Waals surface area contributed by atoms with Crippen LogP contribution >= 0.6 is 0 Å². The molecule has 1 aliphatic rings. The van der Waals surface area contributed by atoms with Gasteiger partial charge in [0.2, 0.25) is 0 Å². The van der Waals surface area contributed by atoms with Gasteiger partial charge in [0, 0.05) is 13.6 Å². The first-order valence-corrected chi connectivity index (χ1v) is 4.21. The van der Waals surface area contributed by atoms with E-state index < -0.39 is 6.09 Å². The predicted octanol–water partition coefficient (Wildman–Crippen LogP) is 0.851. The van der Waals surface area contributed by atoms with E-state index in [1.165, 1.54) is 4.90 Å². The first-order chi connectivity index (χ1) is 6.20. The molecule has 70 valence electrons. The number of amides is 1. The summed E-state index contributed by atoms with van der Waals surface area (Å²) in [5.41, 5.74) is 1.75. The highest BCUT2D eigenvalue weighted by Crippen LogP contribution is 2.25.